The van der Waals surface area contributed by atoms with Gasteiger partial charge in [0.05, 0.1) is 0 Å². The highest BCUT2D eigenvalue weighted by atomic mass is 79.9. The zero-order valence-corrected chi connectivity index (χ0v) is 7.07. The zero-order chi connectivity index (χ0) is 9.50. The average Bonchev–Trinajstić information content (AvgIpc) is 1.58. The third kappa shape index (κ3) is 2.17. The molecule has 0 aliphatic rings. The van der Waals surface area contributed by atoms with E-state index >= 15 is 0 Å². The Hall–Kier alpha value is 0.410. The number of halogens is 7. The van der Waals surface area contributed by atoms with Gasteiger partial charge in [0.1, 0.15) is 0 Å². The summed E-state index contributed by atoms with van der Waals surface area (Å²) in [5.41, 5.74) is 0. The highest BCUT2D eigenvalue weighted by molar-refractivity contribution is 9.11. The molecule has 0 aromatic rings. The summed E-state index contributed by atoms with van der Waals surface area (Å²) in [5, 5.41) is 0. The summed E-state index contributed by atoms with van der Waals surface area (Å²) in [6, 6.07) is 0. The van der Waals surface area contributed by atoms with Crippen LogP contribution in [-0.2, 0) is 0 Å². The van der Waals surface area contributed by atoms with Crippen LogP contribution in [0.4, 0.5) is 26.3 Å². The first-order valence-electron chi connectivity index (χ1n) is 2.05. The van der Waals surface area contributed by atoms with Crippen LogP contribution in [-0.4, -0.2) is 16.0 Å². The molecule has 0 aromatic carbocycles. The van der Waals surface area contributed by atoms with E-state index in [0.29, 0.717) is 0 Å². The van der Waals surface area contributed by atoms with Gasteiger partial charge in [-0.1, -0.05) is 15.9 Å². The maximum Gasteiger partial charge on any atom is 0.421 e. The van der Waals surface area contributed by atoms with Crippen molar-refractivity contribution in [1.29, 1.82) is 0 Å². The van der Waals surface area contributed by atoms with Crippen LogP contribution in [0.5, 0.6) is 0 Å². The molecule has 0 saturated heterocycles. The summed E-state index contributed by atoms with van der Waals surface area (Å²) in [6.45, 7) is 0. The Kier molecular flexibility index (Phi) is 2.82. The molecule has 0 aliphatic heterocycles. The third-order valence-electron chi connectivity index (χ3n) is 0.751. The van der Waals surface area contributed by atoms with Crippen LogP contribution in [0.1, 0.15) is 0 Å². The molecule has 11 heavy (non-hydrogen) atoms. The molecule has 0 saturated carbocycles. The molecule has 0 N–H and O–H groups in total. The van der Waals surface area contributed by atoms with Crippen molar-refractivity contribution >= 4 is 28.6 Å². The van der Waals surface area contributed by atoms with Crippen LogP contribution in [0, 0.1) is 0 Å². The van der Waals surface area contributed by atoms with E-state index in [-0.39, 0.29) is 0 Å². The van der Waals surface area contributed by atoms with E-state index in [2.05, 4.69) is 12.6 Å². The van der Waals surface area contributed by atoms with Gasteiger partial charge in [-0.25, -0.2) is 0 Å². The van der Waals surface area contributed by atoms with Crippen molar-refractivity contribution in [2.24, 2.45) is 0 Å². The summed E-state index contributed by atoms with van der Waals surface area (Å²) >= 11 is 3.85. The van der Waals surface area contributed by atoms with Gasteiger partial charge in [0.25, 0.3) is 3.66 Å². The maximum absolute atomic E-state index is 11.5. The van der Waals surface area contributed by atoms with Crippen LogP contribution >= 0.6 is 28.6 Å². The van der Waals surface area contributed by atoms with Crippen molar-refractivity contribution < 1.29 is 26.3 Å². The standard InChI is InChI=1S/C3HBrF6S/c4-1(11,2(5,6)7)3(8,9)10/h11H. The van der Waals surface area contributed by atoms with Gasteiger partial charge < -0.3 is 0 Å². The SMILES string of the molecule is FC(F)(F)C(S)(Br)C(F)(F)F. The number of thiol groups is 1. The van der Waals surface area contributed by atoms with Gasteiger partial charge in [-0.15, -0.1) is 12.6 Å². The smallest absolute Gasteiger partial charge is 0.168 e. The van der Waals surface area contributed by atoms with Gasteiger partial charge in [-0.3, -0.25) is 0 Å². The normalized spacial score (nSPS) is 15.3. The summed E-state index contributed by atoms with van der Waals surface area (Å²) in [4.78, 5) is 0. The predicted octanol–water partition coefficient (Wildman–Crippen LogP) is 3.13. The molecule has 0 spiro atoms. The molecule has 0 aliphatic carbocycles. The van der Waals surface area contributed by atoms with Crippen LogP contribution < -0.4 is 0 Å². The molecule has 0 unspecified atom stereocenters. The first-order valence-corrected chi connectivity index (χ1v) is 3.29. The molecular formula is C3HBrF6S. The lowest BCUT2D eigenvalue weighted by Crippen LogP contribution is -2.46. The average molecular weight is 263 g/mol. The molecule has 0 atom stereocenters. The molecule has 0 aromatic heterocycles. The van der Waals surface area contributed by atoms with Crippen molar-refractivity contribution in [3.63, 3.8) is 0 Å². The number of rotatable bonds is 0. The van der Waals surface area contributed by atoms with Gasteiger partial charge in [0.2, 0.25) is 0 Å². The Morgan fingerprint density at radius 2 is 1.00 bits per heavy atom. The summed E-state index contributed by atoms with van der Waals surface area (Å²) in [5.74, 6) is 0. The Balaban J connectivity index is 4.75. The summed E-state index contributed by atoms with van der Waals surface area (Å²) in [6.07, 6.45) is -10.9. The molecule has 0 nitrogen and oxygen atoms in total. The minimum absolute atomic E-state index is 1.44. The Bertz CT molecular complexity index is 129. The second-order valence-electron chi connectivity index (χ2n) is 1.62. The molecule has 68 valence electrons. The van der Waals surface area contributed by atoms with Crippen molar-refractivity contribution in [2.45, 2.75) is 16.0 Å². The molecule has 0 heterocycles. The molecule has 8 heteroatoms. The van der Waals surface area contributed by atoms with Crippen molar-refractivity contribution in [1.82, 2.24) is 0 Å². The van der Waals surface area contributed by atoms with Gasteiger partial charge >= 0.3 is 12.4 Å². The molecule has 0 amide bonds. The molecular weight excluding hydrogens is 262 g/mol. The highest BCUT2D eigenvalue weighted by Gasteiger charge is 2.67. The first kappa shape index (κ1) is 11.4. The number of hydrogen-bond donors (Lipinski definition) is 1. The van der Waals surface area contributed by atoms with E-state index in [1.165, 1.54) is 15.9 Å². The van der Waals surface area contributed by atoms with Crippen LogP contribution in [0.2, 0.25) is 0 Å². The summed E-state index contributed by atoms with van der Waals surface area (Å²) < 4.78 is 64.8. The van der Waals surface area contributed by atoms with E-state index < -0.39 is 16.0 Å². The number of hydrogen-bond acceptors (Lipinski definition) is 1. The maximum atomic E-state index is 11.5. The van der Waals surface area contributed by atoms with Gasteiger partial charge in [0.15, 0.2) is 0 Å². The van der Waals surface area contributed by atoms with E-state index in [9.17, 15) is 26.3 Å². The predicted molar refractivity (Wildman–Crippen MR) is 32.8 cm³/mol. The second-order valence-corrected chi connectivity index (χ2v) is 4.09. The van der Waals surface area contributed by atoms with E-state index in [1.54, 1.807) is 0 Å². The van der Waals surface area contributed by atoms with Gasteiger partial charge in [0, 0.05) is 0 Å². The zero-order valence-electron chi connectivity index (χ0n) is 4.59. The largest absolute Gasteiger partial charge is 0.421 e. The molecule has 0 rings (SSSR count). The minimum Gasteiger partial charge on any atom is -0.168 e. The number of alkyl halides is 7. The topological polar surface area (TPSA) is 0 Å². The Morgan fingerprint density at radius 1 is 0.818 bits per heavy atom. The van der Waals surface area contributed by atoms with E-state index in [4.69, 9.17) is 0 Å². The second kappa shape index (κ2) is 2.72. The Labute approximate surface area is 71.5 Å². The van der Waals surface area contributed by atoms with Crippen molar-refractivity contribution in [3.8, 4) is 0 Å². The van der Waals surface area contributed by atoms with Crippen LogP contribution in [0.3, 0.4) is 0 Å². The summed E-state index contributed by atoms with van der Waals surface area (Å²) in [7, 11) is 0. The molecule has 0 bridgehead atoms. The van der Waals surface area contributed by atoms with Crippen LogP contribution in [0.25, 0.3) is 0 Å². The lowest BCUT2D eigenvalue weighted by Gasteiger charge is -2.26. The lowest BCUT2D eigenvalue weighted by atomic mass is 10.4. The minimum atomic E-state index is -5.46. The Morgan fingerprint density at radius 3 is 1.00 bits per heavy atom. The fourth-order valence-electron chi connectivity index (χ4n) is 0.161. The fourth-order valence-corrected chi connectivity index (χ4v) is 0.161. The highest BCUT2D eigenvalue weighted by Crippen LogP contribution is 2.51. The third-order valence-corrected chi connectivity index (χ3v) is 2.16. The quantitative estimate of drug-likeness (QED) is 0.387. The fraction of sp³-hybridized carbons (Fsp3) is 1.00. The monoisotopic (exact) mass is 262 g/mol. The molecule has 0 fully saturated rings. The van der Waals surface area contributed by atoms with Gasteiger partial charge in [-0.05, 0) is 0 Å². The lowest BCUT2D eigenvalue weighted by molar-refractivity contribution is -0.233. The van der Waals surface area contributed by atoms with Crippen LogP contribution in [0.15, 0.2) is 0 Å². The van der Waals surface area contributed by atoms with Gasteiger partial charge in [-0.2, -0.15) is 26.3 Å². The van der Waals surface area contributed by atoms with Crippen molar-refractivity contribution in [3.05, 3.63) is 0 Å². The van der Waals surface area contributed by atoms with Crippen molar-refractivity contribution in [2.75, 3.05) is 0 Å². The van der Waals surface area contributed by atoms with E-state index in [1.807, 2.05) is 0 Å². The van der Waals surface area contributed by atoms with E-state index in [0.717, 1.165) is 0 Å². The molecule has 0 radical (unpaired) electrons. The first-order chi connectivity index (χ1) is 4.50.